The van der Waals surface area contributed by atoms with Crippen LogP contribution >= 0.6 is 0 Å². The number of aryl methyl sites for hydroxylation is 1. The molecular formula is C12H14O. The number of hydrogen-bond donors (Lipinski definition) is 1. The van der Waals surface area contributed by atoms with Crippen LogP contribution < -0.4 is 0 Å². The first kappa shape index (κ1) is 9.67. The van der Waals surface area contributed by atoms with Crippen LogP contribution in [0.1, 0.15) is 30.4 Å². The number of hydrogen-bond acceptors (Lipinski definition) is 1. The SMILES string of the molecule is C#CCC(C)c1cc(C)ccc1O. The Bertz CT molecular complexity index is 333. The van der Waals surface area contributed by atoms with Gasteiger partial charge in [-0.2, -0.15) is 0 Å². The Morgan fingerprint density at radius 3 is 2.85 bits per heavy atom. The predicted molar refractivity (Wildman–Crippen MR) is 54.7 cm³/mol. The van der Waals surface area contributed by atoms with E-state index in [1.54, 1.807) is 6.07 Å². The van der Waals surface area contributed by atoms with E-state index in [1.807, 2.05) is 26.0 Å². The fourth-order valence-corrected chi connectivity index (χ4v) is 1.36. The summed E-state index contributed by atoms with van der Waals surface area (Å²) in [6.07, 6.45) is 5.89. The quantitative estimate of drug-likeness (QED) is 0.683. The second-order valence-corrected chi connectivity index (χ2v) is 3.37. The Morgan fingerprint density at radius 1 is 1.54 bits per heavy atom. The van der Waals surface area contributed by atoms with E-state index in [1.165, 1.54) is 0 Å². The van der Waals surface area contributed by atoms with Crippen LogP contribution in [0.2, 0.25) is 0 Å². The molecule has 1 atom stereocenters. The molecule has 0 aliphatic carbocycles. The van der Waals surface area contributed by atoms with Gasteiger partial charge >= 0.3 is 0 Å². The molecule has 0 amide bonds. The van der Waals surface area contributed by atoms with Crippen molar-refractivity contribution in [2.24, 2.45) is 0 Å². The molecule has 1 unspecified atom stereocenters. The van der Waals surface area contributed by atoms with Crippen LogP contribution in [-0.2, 0) is 0 Å². The van der Waals surface area contributed by atoms with Crippen molar-refractivity contribution >= 4 is 0 Å². The fraction of sp³-hybridized carbons (Fsp3) is 0.333. The van der Waals surface area contributed by atoms with Crippen LogP contribution in [0, 0.1) is 19.3 Å². The topological polar surface area (TPSA) is 20.2 Å². The van der Waals surface area contributed by atoms with Gasteiger partial charge in [0.25, 0.3) is 0 Å². The summed E-state index contributed by atoms with van der Waals surface area (Å²) in [4.78, 5) is 0. The molecule has 0 saturated carbocycles. The van der Waals surface area contributed by atoms with Gasteiger partial charge in [0.05, 0.1) is 0 Å². The van der Waals surface area contributed by atoms with Crippen molar-refractivity contribution in [2.75, 3.05) is 0 Å². The summed E-state index contributed by atoms with van der Waals surface area (Å²) in [7, 11) is 0. The zero-order valence-electron chi connectivity index (χ0n) is 8.04. The number of terminal acetylenes is 1. The van der Waals surface area contributed by atoms with Gasteiger partial charge in [-0.3, -0.25) is 0 Å². The van der Waals surface area contributed by atoms with Gasteiger partial charge in [-0.05, 0) is 24.5 Å². The molecule has 13 heavy (non-hydrogen) atoms. The number of aromatic hydroxyl groups is 1. The maximum Gasteiger partial charge on any atom is 0.119 e. The van der Waals surface area contributed by atoms with Crippen LogP contribution in [-0.4, -0.2) is 5.11 Å². The van der Waals surface area contributed by atoms with Crippen LogP contribution in [0.3, 0.4) is 0 Å². The highest BCUT2D eigenvalue weighted by atomic mass is 16.3. The average Bonchev–Trinajstić information content (AvgIpc) is 2.09. The number of phenolic OH excluding ortho intramolecular Hbond substituents is 1. The summed E-state index contributed by atoms with van der Waals surface area (Å²) in [5.74, 6) is 3.17. The minimum atomic E-state index is 0.227. The van der Waals surface area contributed by atoms with E-state index in [0.29, 0.717) is 12.2 Å². The highest BCUT2D eigenvalue weighted by Crippen LogP contribution is 2.28. The summed E-state index contributed by atoms with van der Waals surface area (Å²) >= 11 is 0. The third-order valence-corrected chi connectivity index (χ3v) is 2.14. The summed E-state index contributed by atoms with van der Waals surface area (Å²) in [6, 6.07) is 5.59. The first-order valence-electron chi connectivity index (χ1n) is 4.38. The molecule has 0 aliphatic rings. The smallest absolute Gasteiger partial charge is 0.119 e. The molecule has 1 aromatic rings. The Hall–Kier alpha value is -1.42. The van der Waals surface area contributed by atoms with Gasteiger partial charge < -0.3 is 5.11 Å². The maximum atomic E-state index is 9.56. The molecule has 0 aromatic heterocycles. The molecule has 0 bridgehead atoms. The van der Waals surface area contributed by atoms with Crippen molar-refractivity contribution in [3.05, 3.63) is 29.3 Å². The van der Waals surface area contributed by atoms with E-state index in [2.05, 4.69) is 5.92 Å². The first-order chi connectivity index (χ1) is 6.15. The van der Waals surface area contributed by atoms with Gasteiger partial charge in [0.2, 0.25) is 0 Å². The van der Waals surface area contributed by atoms with E-state index in [9.17, 15) is 5.11 Å². The second-order valence-electron chi connectivity index (χ2n) is 3.37. The summed E-state index contributed by atoms with van der Waals surface area (Å²) in [5.41, 5.74) is 2.09. The standard InChI is InChI=1S/C12H14O/c1-4-5-10(3)11-8-9(2)6-7-12(11)13/h1,6-8,10,13H,5H2,2-3H3. The van der Waals surface area contributed by atoms with Crippen LogP contribution in [0.15, 0.2) is 18.2 Å². The molecular weight excluding hydrogens is 160 g/mol. The van der Waals surface area contributed by atoms with Crippen molar-refractivity contribution in [1.29, 1.82) is 0 Å². The van der Waals surface area contributed by atoms with Gasteiger partial charge in [-0.15, -0.1) is 12.3 Å². The molecule has 68 valence electrons. The number of benzene rings is 1. The van der Waals surface area contributed by atoms with Crippen molar-refractivity contribution in [2.45, 2.75) is 26.2 Å². The Morgan fingerprint density at radius 2 is 2.23 bits per heavy atom. The molecule has 1 N–H and O–H groups in total. The van der Waals surface area contributed by atoms with E-state index in [0.717, 1.165) is 11.1 Å². The van der Waals surface area contributed by atoms with Gasteiger partial charge in [-0.25, -0.2) is 0 Å². The molecule has 0 saturated heterocycles. The molecule has 0 heterocycles. The normalized spacial score (nSPS) is 12.1. The van der Waals surface area contributed by atoms with Crippen LogP contribution in [0.4, 0.5) is 0 Å². The van der Waals surface area contributed by atoms with Crippen LogP contribution in [0.5, 0.6) is 5.75 Å². The highest BCUT2D eigenvalue weighted by Gasteiger charge is 2.08. The van der Waals surface area contributed by atoms with E-state index >= 15 is 0 Å². The first-order valence-corrected chi connectivity index (χ1v) is 4.38. The van der Waals surface area contributed by atoms with Gasteiger partial charge in [0.1, 0.15) is 5.75 Å². The van der Waals surface area contributed by atoms with Gasteiger partial charge in [0, 0.05) is 6.42 Å². The zero-order chi connectivity index (χ0) is 9.84. The molecule has 0 aliphatic heterocycles. The lowest BCUT2D eigenvalue weighted by Gasteiger charge is -2.11. The second kappa shape index (κ2) is 4.00. The molecule has 0 radical (unpaired) electrons. The lowest BCUT2D eigenvalue weighted by Crippen LogP contribution is -1.93. The molecule has 0 spiro atoms. The molecule has 1 nitrogen and oxygen atoms in total. The molecule has 1 aromatic carbocycles. The third kappa shape index (κ3) is 2.26. The van der Waals surface area contributed by atoms with Crippen LogP contribution in [0.25, 0.3) is 0 Å². The van der Waals surface area contributed by atoms with E-state index in [-0.39, 0.29) is 5.92 Å². The van der Waals surface area contributed by atoms with E-state index in [4.69, 9.17) is 6.42 Å². The summed E-state index contributed by atoms with van der Waals surface area (Å²) < 4.78 is 0. The minimum Gasteiger partial charge on any atom is -0.508 e. The largest absolute Gasteiger partial charge is 0.508 e. The van der Waals surface area contributed by atoms with Gasteiger partial charge in [-0.1, -0.05) is 24.6 Å². The summed E-state index contributed by atoms with van der Waals surface area (Å²) in [5, 5.41) is 9.56. The summed E-state index contributed by atoms with van der Waals surface area (Å²) in [6.45, 7) is 4.03. The Labute approximate surface area is 79.4 Å². The lowest BCUT2D eigenvalue weighted by atomic mass is 9.96. The average molecular weight is 174 g/mol. The van der Waals surface area contributed by atoms with Crippen molar-refractivity contribution < 1.29 is 5.11 Å². The van der Waals surface area contributed by atoms with Crippen molar-refractivity contribution in [3.8, 4) is 18.1 Å². The fourth-order valence-electron chi connectivity index (χ4n) is 1.36. The highest BCUT2D eigenvalue weighted by molar-refractivity contribution is 5.38. The Balaban J connectivity index is 3.00. The van der Waals surface area contributed by atoms with E-state index < -0.39 is 0 Å². The number of rotatable bonds is 2. The Kier molecular flexibility index (Phi) is 2.97. The molecule has 1 heteroatoms. The third-order valence-electron chi connectivity index (χ3n) is 2.14. The molecule has 0 fully saturated rings. The maximum absolute atomic E-state index is 9.56. The monoisotopic (exact) mass is 174 g/mol. The minimum absolute atomic E-state index is 0.227. The number of phenols is 1. The predicted octanol–water partition coefficient (Wildman–Crippen LogP) is 2.83. The van der Waals surface area contributed by atoms with Crippen molar-refractivity contribution in [3.63, 3.8) is 0 Å². The van der Waals surface area contributed by atoms with Crippen molar-refractivity contribution in [1.82, 2.24) is 0 Å². The lowest BCUT2D eigenvalue weighted by molar-refractivity contribution is 0.463. The van der Waals surface area contributed by atoms with Gasteiger partial charge in [0.15, 0.2) is 0 Å². The zero-order valence-corrected chi connectivity index (χ0v) is 8.04. The molecule has 1 rings (SSSR count).